The number of oxime groups is 1. The molecule has 0 aromatic rings. The zero-order chi connectivity index (χ0) is 11.8. The van der Waals surface area contributed by atoms with Gasteiger partial charge in [-0.3, -0.25) is 4.90 Å². The van der Waals surface area contributed by atoms with Gasteiger partial charge in [-0.25, -0.2) is 4.79 Å². The van der Waals surface area contributed by atoms with E-state index in [2.05, 4.69) is 10.1 Å². The molecule has 94 valence electrons. The molecule has 17 heavy (non-hydrogen) atoms. The molecule has 3 aliphatic rings. The topological polar surface area (TPSA) is 62.1 Å². The number of aliphatic carboxylic acids is 1. The Morgan fingerprint density at radius 1 is 1.41 bits per heavy atom. The normalized spacial score (nSPS) is 33.5. The molecule has 0 radical (unpaired) electrons. The van der Waals surface area contributed by atoms with E-state index in [0.717, 1.165) is 25.6 Å². The van der Waals surface area contributed by atoms with Gasteiger partial charge in [-0.1, -0.05) is 18.0 Å². The molecule has 0 aromatic heterocycles. The first-order chi connectivity index (χ1) is 8.24. The van der Waals surface area contributed by atoms with E-state index in [4.69, 9.17) is 9.94 Å². The predicted molar refractivity (Wildman–Crippen MR) is 61.8 cm³/mol. The molecule has 2 unspecified atom stereocenters. The fourth-order valence-electron chi connectivity index (χ4n) is 3.32. The molecule has 5 heteroatoms. The third-order valence-corrected chi connectivity index (χ3v) is 4.19. The molecule has 5 nitrogen and oxygen atoms in total. The zero-order valence-electron chi connectivity index (χ0n) is 9.84. The molecule has 2 atom stereocenters. The van der Waals surface area contributed by atoms with Gasteiger partial charge < -0.3 is 9.94 Å². The highest BCUT2D eigenvalue weighted by Crippen LogP contribution is 2.31. The lowest BCUT2D eigenvalue weighted by Gasteiger charge is -2.20. The Bertz CT molecular complexity index is 350. The number of carboxylic acid groups (broad SMARTS) is 1. The number of hydrogen-bond acceptors (Lipinski definition) is 4. The molecule has 2 fully saturated rings. The monoisotopic (exact) mass is 238 g/mol. The third-order valence-electron chi connectivity index (χ3n) is 4.19. The van der Waals surface area contributed by atoms with Crippen molar-refractivity contribution in [2.75, 3.05) is 19.6 Å². The van der Waals surface area contributed by atoms with Crippen LogP contribution in [0.5, 0.6) is 0 Å². The molecule has 0 bridgehead atoms. The number of likely N-dealkylation sites (tertiary alicyclic amines) is 1. The Hall–Kier alpha value is -1.10. The maximum atomic E-state index is 11.0. The van der Waals surface area contributed by atoms with Crippen molar-refractivity contribution < 1.29 is 14.7 Å². The van der Waals surface area contributed by atoms with Crippen LogP contribution in [0.2, 0.25) is 0 Å². The van der Waals surface area contributed by atoms with Gasteiger partial charge in [-0.15, -0.1) is 0 Å². The number of carbonyl (C=O) groups is 1. The summed E-state index contributed by atoms with van der Waals surface area (Å²) in [5.41, 5.74) is 0.212. The summed E-state index contributed by atoms with van der Waals surface area (Å²) < 4.78 is 0. The third kappa shape index (κ3) is 2.04. The van der Waals surface area contributed by atoms with Gasteiger partial charge in [0.1, 0.15) is 6.10 Å². The zero-order valence-corrected chi connectivity index (χ0v) is 9.84. The molecule has 0 spiro atoms. The summed E-state index contributed by atoms with van der Waals surface area (Å²) in [4.78, 5) is 18.5. The first-order valence-electron chi connectivity index (χ1n) is 6.43. The molecule has 1 aliphatic carbocycles. The second-order valence-corrected chi connectivity index (χ2v) is 5.40. The molecule has 1 N–H and O–H groups in total. The van der Waals surface area contributed by atoms with E-state index in [-0.39, 0.29) is 17.7 Å². The molecule has 1 saturated carbocycles. The van der Waals surface area contributed by atoms with E-state index in [9.17, 15) is 4.79 Å². The average molecular weight is 238 g/mol. The van der Waals surface area contributed by atoms with Crippen LogP contribution < -0.4 is 0 Å². The molecule has 0 aromatic carbocycles. The summed E-state index contributed by atoms with van der Waals surface area (Å²) >= 11 is 0. The van der Waals surface area contributed by atoms with Gasteiger partial charge in [-0.05, 0) is 18.8 Å². The lowest BCUT2D eigenvalue weighted by atomic mass is 10.0. The molecular weight excluding hydrogens is 220 g/mol. The Kier molecular flexibility index (Phi) is 2.78. The molecule has 2 aliphatic heterocycles. The smallest absolute Gasteiger partial charge is 0.354 e. The fourth-order valence-corrected chi connectivity index (χ4v) is 3.32. The summed E-state index contributed by atoms with van der Waals surface area (Å²) in [7, 11) is 0. The van der Waals surface area contributed by atoms with Gasteiger partial charge in [0.25, 0.3) is 0 Å². The largest absolute Gasteiger partial charge is 0.477 e. The number of fused-ring (bicyclic) bond motifs is 1. The van der Waals surface area contributed by atoms with E-state index in [1.165, 1.54) is 25.7 Å². The highest BCUT2D eigenvalue weighted by molar-refractivity contribution is 6.36. The van der Waals surface area contributed by atoms with Gasteiger partial charge in [0.05, 0.1) is 5.92 Å². The Morgan fingerprint density at radius 3 is 2.88 bits per heavy atom. The SMILES string of the molecule is O=C(O)C1=NOC2CN(CC3CCCC3)CC12. The molecule has 3 rings (SSSR count). The summed E-state index contributed by atoms with van der Waals surface area (Å²) in [5.74, 6) is -0.145. The second-order valence-electron chi connectivity index (χ2n) is 5.40. The predicted octanol–water partition coefficient (Wildman–Crippen LogP) is 0.948. The van der Waals surface area contributed by atoms with Crippen molar-refractivity contribution in [2.45, 2.75) is 31.8 Å². The van der Waals surface area contributed by atoms with E-state index in [1.807, 2.05) is 0 Å². The Morgan fingerprint density at radius 2 is 2.18 bits per heavy atom. The van der Waals surface area contributed by atoms with Gasteiger partial charge in [0.15, 0.2) is 5.71 Å². The van der Waals surface area contributed by atoms with E-state index in [0.29, 0.717) is 0 Å². The van der Waals surface area contributed by atoms with Crippen LogP contribution in [-0.2, 0) is 9.63 Å². The highest BCUT2D eigenvalue weighted by atomic mass is 16.6. The maximum Gasteiger partial charge on any atom is 0.354 e. The molecular formula is C12H18N2O3. The lowest BCUT2D eigenvalue weighted by Crippen LogP contribution is -2.29. The van der Waals surface area contributed by atoms with Gasteiger partial charge in [0, 0.05) is 19.6 Å². The number of carboxylic acids is 1. The average Bonchev–Trinajstić information content (AvgIpc) is 2.92. The number of hydrogen-bond donors (Lipinski definition) is 1. The second kappa shape index (κ2) is 4.29. The Balaban J connectivity index is 1.58. The lowest BCUT2D eigenvalue weighted by molar-refractivity contribution is -0.129. The summed E-state index contributed by atoms with van der Waals surface area (Å²) in [5, 5.41) is 12.7. The van der Waals surface area contributed by atoms with Gasteiger partial charge in [0.2, 0.25) is 0 Å². The van der Waals surface area contributed by atoms with Crippen LogP contribution in [0.25, 0.3) is 0 Å². The van der Waals surface area contributed by atoms with Crippen molar-refractivity contribution in [3.63, 3.8) is 0 Å². The van der Waals surface area contributed by atoms with Crippen molar-refractivity contribution in [1.29, 1.82) is 0 Å². The minimum absolute atomic E-state index is 0.0195. The standard InChI is InChI=1S/C12H18N2O3/c15-12(16)11-9-6-14(7-10(9)17-13-11)5-8-3-1-2-4-8/h8-10H,1-7H2,(H,15,16). The first kappa shape index (κ1) is 11.0. The molecule has 0 amide bonds. The quantitative estimate of drug-likeness (QED) is 0.795. The van der Waals surface area contributed by atoms with Crippen LogP contribution in [0.4, 0.5) is 0 Å². The van der Waals surface area contributed by atoms with Gasteiger partial charge >= 0.3 is 5.97 Å². The van der Waals surface area contributed by atoms with Crippen LogP contribution in [0.15, 0.2) is 5.16 Å². The summed E-state index contributed by atoms with van der Waals surface area (Å²) in [6.07, 6.45) is 5.33. The minimum Gasteiger partial charge on any atom is -0.477 e. The van der Waals surface area contributed by atoms with Crippen molar-refractivity contribution in [2.24, 2.45) is 17.0 Å². The molecule has 1 saturated heterocycles. The van der Waals surface area contributed by atoms with Crippen LogP contribution in [0.3, 0.4) is 0 Å². The van der Waals surface area contributed by atoms with Crippen molar-refractivity contribution >= 4 is 11.7 Å². The van der Waals surface area contributed by atoms with Crippen molar-refractivity contribution in [3.8, 4) is 0 Å². The molecule has 2 heterocycles. The Labute approximate surface area is 100 Å². The minimum atomic E-state index is -0.930. The van der Waals surface area contributed by atoms with Crippen LogP contribution in [-0.4, -0.2) is 47.4 Å². The maximum absolute atomic E-state index is 11.0. The van der Waals surface area contributed by atoms with Crippen LogP contribution >= 0.6 is 0 Å². The number of nitrogens with zero attached hydrogens (tertiary/aromatic N) is 2. The first-order valence-corrected chi connectivity index (χ1v) is 6.43. The summed E-state index contributed by atoms with van der Waals surface area (Å²) in [6.45, 7) is 2.73. The van der Waals surface area contributed by atoms with Crippen LogP contribution in [0, 0.1) is 11.8 Å². The van der Waals surface area contributed by atoms with Crippen molar-refractivity contribution in [1.82, 2.24) is 4.90 Å². The summed E-state index contributed by atoms with van der Waals surface area (Å²) in [6, 6.07) is 0. The number of rotatable bonds is 3. The van der Waals surface area contributed by atoms with E-state index in [1.54, 1.807) is 0 Å². The highest BCUT2D eigenvalue weighted by Gasteiger charge is 2.45. The van der Waals surface area contributed by atoms with Gasteiger partial charge in [-0.2, -0.15) is 0 Å². The van der Waals surface area contributed by atoms with Crippen LogP contribution in [0.1, 0.15) is 25.7 Å². The van der Waals surface area contributed by atoms with Crippen molar-refractivity contribution in [3.05, 3.63) is 0 Å². The van der Waals surface area contributed by atoms with E-state index < -0.39 is 5.97 Å². The van der Waals surface area contributed by atoms with E-state index >= 15 is 0 Å². The fraction of sp³-hybridized carbons (Fsp3) is 0.833.